The minimum Gasteiger partial charge on any atom is -0.370 e. The van der Waals surface area contributed by atoms with Crippen LogP contribution >= 0.6 is 45.8 Å². The molecule has 408 valence electrons. The molecule has 0 bridgehead atoms. The average Bonchev–Trinajstić information content (AvgIpc) is 4.12. The number of aryl methyl sites for hydroxylation is 1. The number of aliphatic imine (C=N–C) groups is 1. The number of Topliss-reactive ketones (excluding diaryl/α,β-unsaturated/α-hetero) is 2. The average molecular weight is 1160 g/mol. The highest BCUT2D eigenvalue weighted by Crippen LogP contribution is 2.46. The molecule has 20 nitrogen and oxygen atoms in total. The third-order valence-corrected chi connectivity index (χ3v) is 17.7. The number of benzene rings is 2. The van der Waals surface area contributed by atoms with Crippen LogP contribution in [0.2, 0.25) is 0 Å². The number of fused-ring (bicyclic) bond motifs is 5. The Morgan fingerprint density at radius 3 is 1.69 bits per heavy atom. The monoisotopic (exact) mass is 1160 g/mol. The van der Waals surface area contributed by atoms with Crippen molar-refractivity contribution in [2.75, 3.05) is 63.7 Å². The summed E-state index contributed by atoms with van der Waals surface area (Å²) in [5, 5.41) is 45.3. The quantitative estimate of drug-likeness (QED) is 0.0481. The first-order valence-corrected chi connectivity index (χ1v) is 30.5. The van der Waals surface area contributed by atoms with E-state index in [4.69, 9.17) is 37.3 Å². The van der Waals surface area contributed by atoms with Crippen LogP contribution in [0.5, 0.6) is 0 Å². The number of ketones is 2. The molecule has 4 heterocycles. The molecule has 0 radical (unpaired) electrons. The molecule has 0 amide bonds. The largest absolute Gasteiger partial charge is 0.370 e. The van der Waals surface area contributed by atoms with Crippen LogP contribution in [0.1, 0.15) is 97.1 Å². The van der Waals surface area contributed by atoms with E-state index in [1.807, 2.05) is 72.2 Å². The highest BCUT2D eigenvalue weighted by Gasteiger charge is 2.30. The molecular weight excluding hydrogens is 1100 g/mol. The van der Waals surface area contributed by atoms with E-state index in [9.17, 15) is 31.7 Å². The van der Waals surface area contributed by atoms with Crippen molar-refractivity contribution in [2.24, 2.45) is 26.7 Å². The van der Waals surface area contributed by atoms with Gasteiger partial charge in [-0.2, -0.15) is 15.8 Å². The van der Waals surface area contributed by atoms with Crippen LogP contribution in [0, 0.1) is 34.0 Å². The summed E-state index contributed by atoms with van der Waals surface area (Å²) in [4.78, 5) is 42.3. The fraction of sp³-hybridized carbons (Fsp3) is 0.333. The number of anilines is 4. The summed E-state index contributed by atoms with van der Waals surface area (Å²) in [6.07, 6.45) is 10.1. The molecule has 0 unspecified atom stereocenters. The molecule has 0 saturated heterocycles. The van der Waals surface area contributed by atoms with Gasteiger partial charge in [-0.25, -0.2) is 42.1 Å². The predicted octanol–water partition coefficient (Wildman–Crippen LogP) is 7.80. The number of nitrogens with two attached hydrogens (primary N) is 4. The van der Waals surface area contributed by atoms with Gasteiger partial charge in [-0.3, -0.25) is 9.59 Å². The highest BCUT2D eigenvalue weighted by atomic mass is 32.2. The van der Waals surface area contributed by atoms with Gasteiger partial charge in [0.25, 0.3) is 0 Å². The lowest BCUT2D eigenvalue weighted by molar-refractivity contribution is 0.0963. The predicted molar refractivity (Wildman–Crippen MR) is 311 cm³/mol. The maximum absolute atomic E-state index is 11.8. The van der Waals surface area contributed by atoms with Crippen molar-refractivity contribution in [3.8, 4) is 29.5 Å². The van der Waals surface area contributed by atoms with Crippen LogP contribution in [-0.4, -0.2) is 92.9 Å². The van der Waals surface area contributed by atoms with Crippen LogP contribution in [0.15, 0.2) is 73.7 Å². The smallest absolute Gasteiger partial charge is 0.238 e. The molecule has 0 aliphatic heterocycles. The fourth-order valence-electron chi connectivity index (χ4n) is 7.91. The van der Waals surface area contributed by atoms with Gasteiger partial charge in [0.15, 0.2) is 17.5 Å². The number of aromatic nitrogens is 2. The van der Waals surface area contributed by atoms with Gasteiger partial charge < -0.3 is 31.9 Å². The van der Waals surface area contributed by atoms with Crippen LogP contribution in [0.4, 0.5) is 27.3 Å². The fourth-order valence-corrected chi connectivity index (χ4v) is 13.1. The van der Waals surface area contributed by atoms with Gasteiger partial charge in [-0.15, -0.1) is 45.8 Å². The first-order chi connectivity index (χ1) is 36.5. The molecule has 0 atom stereocenters. The number of hydrogen-bond acceptors (Lipinski definition) is 20. The molecule has 26 heteroatoms. The van der Waals surface area contributed by atoms with Crippen LogP contribution in [0.3, 0.4) is 0 Å². The van der Waals surface area contributed by atoms with Gasteiger partial charge in [0.2, 0.25) is 26.0 Å². The Kier molecular flexibility index (Phi) is 23.3. The number of carbonyl (C=O) groups is 2. The van der Waals surface area contributed by atoms with Crippen LogP contribution < -0.4 is 42.2 Å². The van der Waals surface area contributed by atoms with E-state index >= 15 is 0 Å². The molecule has 77 heavy (non-hydrogen) atoms. The summed E-state index contributed by atoms with van der Waals surface area (Å²) in [7, 11) is 3.95. The van der Waals surface area contributed by atoms with Gasteiger partial charge in [0.05, 0.1) is 30.9 Å². The Bertz CT molecular complexity index is 3490. The zero-order valence-corrected chi connectivity index (χ0v) is 49.0. The van der Waals surface area contributed by atoms with Gasteiger partial charge in [0.1, 0.15) is 42.8 Å². The molecule has 9 rings (SSSR count). The first kappa shape index (κ1) is 62.8. The molecular formula is C51H62N14O6S6. The standard InChI is InChI=1S/C19H18N6O2S2.C11H12N2OS.C10H9NOS2.C7H10N4O2S.C2H7N.C2H6/c1-25(2)18-16-14(15(9-20)28-18)7-6-11-10-22-19(24-17(11)16)23-12-4-3-5-13(8-12)29(21,26)27;1-13(2)11-10-7(9(6-12)15-11)4-3-5-8(10)14;1-13-10-9-6(8(5-11)14-10)3-2-4-7(9)12;8-7(9)11-5-2-1-3-6(4-5)14(10,12)13;1-3-2;1-2/h3-5,8,10H,6-7H2,1-2H3,(H2,21,26,27)(H,22,23,24);3-5H2,1-2H3;2-4H2,1H3;1-4H,(H4,8,9,11)(H2,10,12,13);3H,1-2H3;1-2H3. The Morgan fingerprint density at radius 2 is 1.18 bits per heavy atom. The van der Waals surface area contributed by atoms with Gasteiger partial charge in [-0.1, -0.05) is 26.0 Å². The number of thioether (sulfide) groups is 1. The number of carbonyl (C=O) groups excluding carboxylic acids is 2. The Labute approximate surface area is 467 Å². The molecule has 2 aromatic carbocycles. The van der Waals surface area contributed by atoms with Crippen molar-refractivity contribution < 1.29 is 26.4 Å². The molecule has 6 aromatic rings. The molecule has 0 saturated carbocycles. The zero-order valence-electron chi connectivity index (χ0n) is 44.1. The Hall–Kier alpha value is -6.77. The van der Waals surface area contributed by atoms with E-state index in [-0.39, 0.29) is 27.3 Å². The van der Waals surface area contributed by atoms with Gasteiger partial charge in [0, 0.05) is 64.0 Å². The SMILES string of the molecule is CC.CN(C)c1sc(C#N)c2c1-c1nc(Nc3cccc(S(N)(=O)=O)c3)ncc1CC2.CN(C)c1sc(C#N)c2c1C(=O)CCC2.CNC.CSc1sc(C#N)c2c1C(=O)CCC2.NC(N)=Nc1cccc(S(N)(=O)=O)c1. The summed E-state index contributed by atoms with van der Waals surface area (Å²) in [5.74, 6) is 0.611. The Balaban J connectivity index is 0.000000228. The minimum absolute atomic E-state index is 0.00846. The number of nitrogens with zero attached hydrogens (tertiary/aromatic N) is 8. The highest BCUT2D eigenvalue weighted by molar-refractivity contribution is 8.00. The second kappa shape index (κ2) is 28.6. The van der Waals surface area contributed by atoms with E-state index < -0.39 is 20.0 Å². The number of thiophene rings is 3. The van der Waals surface area contributed by atoms with Crippen molar-refractivity contribution in [3.05, 3.63) is 103 Å². The zero-order chi connectivity index (χ0) is 57.4. The lowest BCUT2D eigenvalue weighted by Gasteiger charge is -2.20. The van der Waals surface area contributed by atoms with Crippen molar-refractivity contribution in [1.29, 1.82) is 15.8 Å². The lowest BCUT2D eigenvalue weighted by Crippen LogP contribution is -2.22. The normalized spacial score (nSPS) is 12.6. The van der Waals surface area contributed by atoms with E-state index in [0.717, 1.165) is 102 Å². The number of sulfonamides is 2. The molecule has 0 spiro atoms. The van der Waals surface area contributed by atoms with E-state index in [1.165, 1.54) is 64.3 Å². The third-order valence-electron chi connectivity index (χ3n) is 11.0. The first-order valence-electron chi connectivity index (χ1n) is 23.7. The van der Waals surface area contributed by atoms with Crippen molar-refractivity contribution >= 4 is 111 Å². The molecule has 3 aliphatic rings. The van der Waals surface area contributed by atoms with E-state index in [1.54, 1.807) is 36.2 Å². The Morgan fingerprint density at radius 1 is 0.701 bits per heavy atom. The van der Waals surface area contributed by atoms with E-state index in [0.29, 0.717) is 39.9 Å². The maximum Gasteiger partial charge on any atom is 0.238 e. The number of nitriles is 3. The second-order valence-corrected chi connectivity index (χ2v) is 24.2. The number of primary sulfonamides is 2. The summed E-state index contributed by atoms with van der Waals surface area (Å²) in [5.41, 5.74) is 18.5. The summed E-state index contributed by atoms with van der Waals surface area (Å²) in [6.45, 7) is 4.00. The maximum atomic E-state index is 11.8. The molecule has 10 N–H and O–H groups in total. The summed E-state index contributed by atoms with van der Waals surface area (Å²) in [6, 6.07) is 18.6. The third kappa shape index (κ3) is 16.1. The van der Waals surface area contributed by atoms with Gasteiger partial charge in [-0.05, 0) is 118 Å². The number of hydrogen-bond donors (Lipinski definition) is 6. The molecule has 3 aliphatic carbocycles. The number of nitrogens with one attached hydrogen (secondary N) is 2. The van der Waals surface area contributed by atoms with Crippen LogP contribution in [-0.2, 0) is 45.7 Å². The minimum atomic E-state index is -3.80. The van der Waals surface area contributed by atoms with Crippen LogP contribution in [0.25, 0.3) is 11.3 Å². The summed E-state index contributed by atoms with van der Waals surface area (Å²) >= 11 is 5.93. The summed E-state index contributed by atoms with van der Waals surface area (Å²) < 4.78 is 46.1. The van der Waals surface area contributed by atoms with Crippen molar-refractivity contribution in [2.45, 2.75) is 79.2 Å². The number of rotatable bonds is 8. The second-order valence-electron chi connectivity index (χ2n) is 17.0. The topological polar surface area (TPSA) is 347 Å². The molecule has 4 aromatic heterocycles. The van der Waals surface area contributed by atoms with E-state index in [2.05, 4.69) is 38.8 Å². The van der Waals surface area contributed by atoms with Gasteiger partial charge >= 0.3 is 0 Å². The van der Waals surface area contributed by atoms with Crippen molar-refractivity contribution in [1.82, 2.24) is 15.3 Å². The van der Waals surface area contributed by atoms with Crippen molar-refractivity contribution in [3.63, 3.8) is 0 Å². The lowest BCUT2D eigenvalue weighted by atomic mass is 9.91. The molecule has 0 fully saturated rings. The number of guanidine groups is 1.